The van der Waals surface area contributed by atoms with Crippen LogP contribution < -0.4 is 10.5 Å². The summed E-state index contributed by atoms with van der Waals surface area (Å²) in [6.07, 6.45) is 0. The summed E-state index contributed by atoms with van der Waals surface area (Å²) in [5, 5.41) is 11.7. The Kier molecular flexibility index (Phi) is 4.30. The zero-order chi connectivity index (χ0) is 15.6. The van der Waals surface area contributed by atoms with E-state index in [2.05, 4.69) is 0 Å². The Hall–Kier alpha value is -2.31. The molecule has 0 atom stereocenters. The molecule has 0 saturated heterocycles. The van der Waals surface area contributed by atoms with E-state index in [1.165, 1.54) is 30.3 Å². The first-order chi connectivity index (χ1) is 9.88. The number of carbonyl (C=O) groups excluding carboxylic acids is 1. The molecule has 0 aliphatic heterocycles. The Labute approximate surface area is 129 Å². The Bertz CT molecular complexity index is 734. The van der Waals surface area contributed by atoms with E-state index in [0.717, 1.165) is 6.07 Å². The topological polar surface area (TPSA) is 95.5 Å². The average Bonchev–Trinajstić information content (AvgIpc) is 2.41. The summed E-state index contributed by atoms with van der Waals surface area (Å²) < 4.78 is 5.41. The van der Waals surface area contributed by atoms with Crippen molar-refractivity contribution in [1.82, 2.24) is 0 Å². The van der Waals surface area contributed by atoms with E-state index in [-0.39, 0.29) is 22.1 Å². The molecule has 2 rings (SSSR count). The molecule has 0 unspecified atom stereocenters. The van der Waals surface area contributed by atoms with Crippen molar-refractivity contribution < 1.29 is 14.5 Å². The van der Waals surface area contributed by atoms with E-state index < -0.39 is 16.5 Å². The second-order valence-corrected chi connectivity index (χ2v) is 4.82. The number of benzene rings is 2. The summed E-state index contributed by atoms with van der Waals surface area (Å²) in [5.41, 5.74) is 4.71. The van der Waals surface area contributed by atoms with E-state index in [1.807, 2.05) is 0 Å². The molecular formula is C13H8Cl2N2O4. The lowest BCUT2D eigenvalue weighted by Crippen LogP contribution is -2.11. The summed E-state index contributed by atoms with van der Waals surface area (Å²) >= 11 is 11.7. The van der Waals surface area contributed by atoms with Crippen LogP contribution in [-0.2, 0) is 0 Å². The molecule has 0 aliphatic rings. The first-order valence-corrected chi connectivity index (χ1v) is 6.35. The van der Waals surface area contributed by atoms with Gasteiger partial charge in [0.2, 0.25) is 11.7 Å². The molecule has 2 aromatic carbocycles. The molecule has 0 saturated carbocycles. The van der Waals surface area contributed by atoms with Gasteiger partial charge in [-0.2, -0.15) is 0 Å². The molecular weight excluding hydrogens is 319 g/mol. The number of halogens is 2. The number of hydrogen-bond donors (Lipinski definition) is 1. The van der Waals surface area contributed by atoms with Gasteiger partial charge in [-0.15, -0.1) is 0 Å². The number of primary amides is 1. The highest BCUT2D eigenvalue weighted by Gasteiger charge is 2.19. The van der Waals surface area contributed by atoms with Crippen LogP contribution in [0.2, 0.25) is 10.0 Å². The number of nitrogens with two attached hydrogens (primary N) is 1. The third-order valence-electron chi connectivity index (χ3n) is 2.55. The van der Waals surface area contributed by atoms with Gasteiger partial charge in [0.1, 0.15) is 5.75 Å². The summed E-state index contributed by atoms with van der Waals surface area (Å²) in [6.45, 7) is 0. The molecule has 0 aliphatic carbocycles. The molecule has 0 aromatic heterocycles. The largest absolute Gasteiger partial charge is 0.449 e. The molecule has 0 spiro atoms. The van der Waals surface area contributed by atoms with E-state index in [4.69, 9.17) is 33.7 Å². The van der Waals surface area contributed by atoms with Crippen LogP contribution in [0.15, 0.2) is 36.4 Å². The second kappa shape index (κ2) is 5.99. The van der Waals surface area contributed by atoms with Crippen LogP contribution in [0.3, 0.4) is 0 Å². The Morgan fingerprint density at radius 2 is 1.81 bits per heavy atom. The fraction of sp³-hybridized carbons (Fsp3) is 0. The minimum absolute atomic E-state index is 0.0104. The molecule has 2 N–H and O–H groups in total. The van der Waals surface area contributed by atoms with Gasteiger partial charge in [-0.05, 0) is 30.3 Å². The molecule has 21 heavy (non-hydrogen) atoms. The zero-order valence-electron chi connectivity index (χ0n) is 10.4. The van der Waals surface area contributed by atoms with Crippen LogP contribution in [0.4, 0.5) is 5.69 Å². The maximum Gasteiger partial charge on any atom is 0.312 e. The average molecular weight is 327 g/mol. The summed E-state index contributed by atoms with van der Waals surface area (Å²) in [6, 6.07) is 8.12. The van der Waals surface area contributed by atoms with Crippen LogP contribution in [0.1, 0.15) is 10.4 Å². The van der Waals surface area contributed by atoms with E-state index in [1.54, 1.807) is 0 Å². The maximum absolute atomic E-state index is 11.1. The Balaban J connectivity index is 2.44. The normalized spacial score (nSPS) is 10.2. The smallest absolute Gasteiger partial charge is 0.312 e. The van der Waals surface area contributed by atoms with Crippen molar-refractivity contribution in [3.8, 4) is 11.5 Å². The molecule has 8 heteroatoms. The van der Waals surface area contributed by atoms with Crippen molar-refractivity contribution in [2.75, 3.05) is 0 Å². The number of ether oxygens (including phenoxy) is 1. The highest BCUT2D eigenvalue weighted by molar-refractivity contribution is 6.35. The maximum atomic E-state index is 11.1. The van der Waals surface area contributed by atoms with Gasteiger partial charge in [-0.3, -0.25) is 14.9 Å². The number of nitro benzene ring substituents is 1. The third-order valence-corrected chi connectivity index (χ3v) is 3.08. The van der Waals surface area contributed by atoms with Crippen molar-refractivity contribution in [3.05, 3.63) is 62.1 Å². The first kappa shape index (κ1) is 15.1. The first-order valence-electron chi connectivity index (χ1n) is 5.59. The highest BCUT2D eigenvalue weighted by Crippen LogP contribution is 2.36. The number of nitro groups is 1. The minimum Gasteiger partial charge on any atom is -0.449 e. The number of hydrogen-bond acceptors (Lipinski definition) is 4. The molecule has 2 aromatic rings. The highest BCUT2D eigenvalue weighted by atomic mass is 35.5. The predicted octanol–water partition coefficient (Wildman–Crippen LogP) is 3.79. The third kappa shape index (κ3) is 3.42. The monoisotopic (exact) mass is 326 g/mol. The number of carbonyl (C=O) groups is 1. The van der Waals surface area contributed by atoms with Crippen molar-refractivity contribution in [3.63, 3.8) is 0 Å². The number of amides is 1. The van der Waals surface area contributed by atoms with Crippen LogP contribution in [-0.4, -0.2) is 10.8 Å². The molecule has 0 heterocycles. The van der Waals surface area contributed by atoms with Crippen LogP contribution in [0.5, 0.6) is 11.5 Å². The van der Waals surface area contributed by atoms with E-state index >= 15 is 0 Å². The van der Waals surface area contributed by atoms with Crippen LogP contribution >= 0.6 is 23.2 Å². The number of rotatable bonds is 4. The quantitative estimate of drug-likeness (QED) is 0.682. The molecule has 1 amide bonds. The van der Waals surface area contributed by atoms with Crippen LogP contribution in [0, 0.1) is 10.1 Å². The van der Waals surface area contributed by atoms with Crippen LogP contribution in [0.25, 0.3) is 0 Å². The van der Waals surface area contributed by atoms with Gasteiger partial charge < -0.3 is 10.5 Å². The second-order valence-electron chi connectivity index (χ2n) is 3.98. The van der Waals surface area contributed by atoms with Crippen molar-refractivity contribution in [2.45, 2.75) is 0 Å². The van der Waals surface area contributed by atoms with Crippen molar-refractivity contribution in [2.24, 2.45) is 5.73 Å². The lowest BCUT2D eigenvalue weighted by molar-refractivity contribution is -0.385. The summed E-state index contributed by atoms with van der Waals surface area (Å²) in [4.78, 5) is 21.4. The van der Waals surface area contributed by atoms with Gasteiger partial charge in [0, 0.05) is 16.7 Å². The lowest BCUT2D eigenvalue weighted by atomic mass is 10.2. The van der Waals surface area contributed by atoms with Gasteiger partial charge in [-0.1, -0.05) is 23.2 Å². The minimum atomic E-state index is -0.769. The van der Waals surface area contributed by atoms with Gasteiger partial charge in [0.15, 0.2) is 0 Å². The van der Waals surface area contributed by atoms with Gasteiger partial charge in [0.05, 0.1) is 9.95 Å². The van der Waals surface area contributed by atoms with Gasteiger partial charge >= 0.3 is 5.69 Å². The zero-order valence-corrected chi connectivity index (χ0v) is 11.9. The summed E-state index contributed by atoms with van der Waals surface area (Å²) in [5.74, 6) is -0.626. The van der Waals surface area contributed by atoms with E-state index in [9.17, 15) is 14.9 Å². The summed E-state index contributed by atoms with van der Waals surface area (Å²) in [7, 11) is 0. The SMILES string of the molecule is NC(=O)c1ccc(Oc2ccc(Cl)cc2Cl)c([N+](=O)[O-])c1. The fourth-order valence-corrected chi connectivity index (χ4v) is 2.02. The Morgan fingerprint density at radius 3 is 2.38 bits per heavy atom. The number of nitrogens with zero attached hydrogens (tertiary/aromatic N) is 1. The van der Waals surface area contributed by atoms with Gasteiger partial charge in [-0.25, -0.2) is 0 Å². The molecule has 6 nitrogen and oxygen atoms in total. The van der Waals surface area contributed by atoms with Gasteiger partial charge in [0.25, 0.3) is 0 Å². The molecule has 0 fully saturated rings. The van der Waals surface area contributed by atoms with E-state index in [0.29, 0.717) is 5.02 Å². The molecule has 0 radical (unpaired) electrons. The van der Waals surface area contributed by atoms with Crippen molar-refractivity contribution in [1.29, 1.82) is 0 Å². The Morgan fingerprint density at radius 1 is 1.14 bits per heavy atom. The standard InChI is InChI=1S/C13H8Cl2N2O4/c14-8-2-4-11(9(15)6-8)21-12-3-1-7(13(16)18)5-10(12)17(19)20/h1-6H,(H2,16,18). The lowest BCUT2D eigenvalue weighted by Gasteiger charge is -2.08. The fourth-order valence-electron chi connectivity index (χ4n) is 1.58. The molecule has 0 bridgehead atoms. The predicted molar refractivity (Wildman–Crippen MR) is 78.2 cm³/mol. The molecule has 108 valence electrons. The van der Waals surface area contributed by atoms with Crippen molar-refractivity contribution >= 4 is 34.8 Å².